The van der Waals surface area contributed by atoms with E-state index in [4.69, 9.17) is 9.26 Å². The predicted octanol–water partition coefficient (Wildman–Crippen LogP) is 2.11. The standard InChI is InChI=1S/C18H21N3O5/c1-10(2)15-14(11(3)21-26-15)18(24)25-12(4)16(22)19-20-17(23)13-8-6-5-7-9-13/h5-10,12H,1-4H3,(H,19,22)(H,20,23)/t12-/m1/s1. The summed E-state index contributed by atoms with van der Waals surface area (Å²) >= 11 is 0. The summed E-state index contributed by atoms with van der Waals surface area (Å²) in [4.78, 5) is 36.3. The number of amides is 2. The lowest BCUT2D eigenvalue weighted by atomic mass is 10.1. The quantitative estimate of drug-likeness (QED) is 0.625. The van der Waals surface area contributed by atoms with Gasteiger partial charge < -0.3 is 9.26 Å². The van der Waals surface area contributed by atoms with Crippen molar-refractivity contribution < 1.29 is 23.6 Å². The van der Waals surface area contributed by atoms with Gasteiger partial charge in [-0.15, -0.1) is 0 Å². The van der Waals surface area contributed by atoms with Crippen molar-refractivity contribution >= 4 is 17.8 Å². The number of ether oxygens (including phenoxy) is 1. The van der Waals surface area contributed by atoms with Crippen molar-refractivity contribution in [3.05, 3.63) is 52.9 Å². The maximum atomic E-state index is 12.3. The van der Waals surface area contributed by atoms with Crippen LogP contribution in [0, 0.1) is 6.92 Å². The highest BCUT2D eigenvalue weighted by molar-refractivity contribution is 5.97. The van der Waals surface area contributed by atoms with E-state index < -0.39 is 23.9 Å². The van der Waals surface area contributed by atoms with Gasteiger partial charge in [-0.25, -0.2) is 4.79 Å². The Hall–Kier alpha value is -3.16. The second kappa shape index (κ2) is 8.28. The van der Waals surface area contributed by atoms with Crippen LogP contribution in [0.25, 0.3) is 0 Å². The van der Waals surface area contributed by atoms with Gasteiger partial charge in [-0.1, -0.05) is 37.2 Å². The highest BCUT2D eigenvalue weighted by atomic mass is 16.5. The lowest BCUT2D eigenvalue weighted by Gasteiger charge is -2.14. The van der Waals surface area contributed by atoms with Crippen LogP contribution in [0.1, 0.15) is 58.9 Å². The van der Waals surface area contributed by atoms with Gasteiger partial charge >= 0.3 is 5.97 Å². The van der Waals surface area contributed by atoms with Crippen LogP contribution in [0.4, 0.5) is 0 Å². The van der Waals surface area contributed by atoms with Crippen LogP contribution < -0.4 is 10.9 Å². The van der Waals surface area contributed by atoms with E-state index in [9.17, 15) is 14.4 Å². The molecule has 2 N–H and O–H groups in total. The number of carbonyl (C=O) groups is 3. The lowest BCUT2D eigenvalue weighted by molar-refractivity contribution is -0.129. The van der Waals surface area contributed by atoms with Crippen LogP contribution in [0.3, 0.4) is 0 Å². The second-order valence-electron chi connectivity index (χ2n) is 6.02. The largest absolute Gasteiger partial charge is 0.449 e. The van der Waals surface area contributed by atoms with E-state index >= 15 is 0 Å². The van der Waals surface area contributed by atoms with Crippen molar-refractivity contribution in [2.75, 3.05) is 0 Å². The summed E-state index contributed by atoms with van der Waals surface area (Å²) in [5.74, 6) is -1.51. The molecule has 2 amide bonds. The first-order chi connectivity index (χ1) is 12.3. The Morgan fingerprint density at radius 3 is 2.35 bits per heavy atom. The molecule has 1 aromatic carbocycles. The average Bonchev–Trinajstić information content (AvgIpc) is 3.01. The molecule has 8 heteroatoms. The third-order valence-corrected chi connectivity index (χ3v) is 3.61. The molecule has 0 saturated heterocycles. The number of carbonyl (C=O) groups excluding carboxylic acids is 3. The molecule has 1 heterocycles. The van der Waals surface area contributed by atoms with Gasteiger partial charge in [0.15, 0.2) is 11.9 Å². The summed E-state index contributed by atoms with van der Waals surface area (Å²) in [5, 5.41) is 3.77. The fraction of sp³-hybridized carbons (Fsp3) is 0.333. The molecule has 0 bridgehead atoms. The van der Waals surface area contributed by atoms with E-state index in [-0.39, 0.29) is 11.5 Å². The number of aryl methyl sites for hydroxylation is 1. The summed E-state index contributed by atoms with van der Waals surface area (Å²) in [5.41, 5.74) is 5.49. The Balaban J connectivity index is 1.94. The minimum Gasteiger partial charge on any atom is -0.449 e. The van der Waals surface area contributed by atoms with Crippen molar-refractivity contribution in [2.45, 2.75) is 39.7 Å². The third-order valence-electron chi connectivity index (χ3n) is 3.61. The molecule has 0 aliphatic carbocycles. The molecule has 2 rings (SSSR count). The summed E-state index contributed by atoms with van der Waals surface area (Å²) in [6, 6.07) is 8.39. The molecule has 0 aliphatic heterocycles. The number of rotatable bonds is 5. The minimum absolute atomic E-state index is 0.0620. The number of hydrogen-bond donors (Lipinski definition) is 2. The molecule has 0 spiro atoms. The zero-order chi connectivity index (χ0) is 19.3. The van der Waals surface area contributed by atoms with Crippen molar-refractivity contribution in [1.82, 2.24) is 16.0 Å². The van der Waals surface area contributed by atoms with Crippen LogP contribution >= 0.6 is 0 Å². The summed E-state index contributed by atoms with van der Waals surface area (Å²) in [6.07, 6.45) is -1.12. The SMILES string of the molecule is Cc1noc(C(C)C)c1C(=O)O[C@H](C)C(=O)NNC(=O)c1ccccc1. The molecule has 2 aromatic rings. The number of hydrogen-bond acceptors (Lipinski definition) is 6. The van der Waals surface area contributed by atoms with Gasteiger partial charge in [0, 0.05) is 11.5 Å². The van der Waals surface area contributed by atoms with Crippen LogP contribution in [0.2, 0.25) is 0 Å². The third kappa shape index (κ3) is 4.47. The highest BCUT2D eigenvalue weighted by Crippen LogP contribution is 2.23. The Labute approximate surface area is 150 Å². The van der Waals surface area contributed by atoms with Crippen molar-refractivity contribution in [2.24, 2.45) is 0 Å². The monoisotopic (exact) mass is 359 g/mol. The molecular weight excluding hydrogens is 338 g/mol. The number of aromatic nitrogens is 1. The summed E-state index contributed by atoms with van der Waals surface area (Å²) < 4.78 is 10.3. The topological polar surface area (TPSA) is 111 Å². The number of esters is 1. The predicted molar refractivity (Wildman–Crippen MR) is 92.3 cm³/mol. The Bertz CT molecular complexity index is 798. The zero-order valence-corrected chi connectivity index (χ0v) is 15.0. The van der Waals surface area contributed by atoms with E-state index in [1.54, 1.807) is 37.3 Å². The van der Waals surface area contributed by atoms with Gasteiger partial charge in [0.1, 0.15) is 5.56 Å². The molecule has 0 saturated carbocycles. The van der Waals surface area contributed by atoms with Gasteiger partial charge in [-0.3, -0.25) is 20.4 Å². The molecular formula is C18H21N3O5. The molecule has 1 aromatic heterocycles. The van der Waals surface area contributed by atoms with E-state index in [0.717, 1.165) is 0 Å². The van der Waals surface area contributed by atoms with Crippen LogP contribution in [-0.4, -0.2) is 29.0 Å². The minimum atomic E-state index is -1.12. The van der Waals surface area contributed by atoms with Crippen molar-refractivity contribution in [3.8, 4) is 0 Å². The van der Waals surface area contributed by atoms with Gasteiger partial charge in [0.2, 0.25) is 0 Å². The lowest BCUT2D eigenvalue weighted by Crippen LogP contribution is -2.46. The normalized spacial score (nSPS) is 11.7. The molecule has 138 valence electrons. The van der Waals surface area contributed by atoms with Gasteiger partial charge in [0.25, 0.3) is 11.8 Å². The molecule has 8 nitrogen and oxygen atoms in total. The maximum absolute atomic E-state index is 12.3. The molecule has 0 fully saturated rings. The first-order valence-corrected chi connectivity index (χ1v) is 8.13. The Morgan fingerprint density at radius 2 is 1.73 bits per heavy atom. The Kier molecular flexibility index (Phi) is 6.11. The number of nitrogens with one attached hydrogen (secondary N) is 2. The van der Waals surface area contributed by atoms with E-state index in [2.05, 4.69) is 16.0 Å². The van der Waals surface area contributed by atoms with E-state index in [1.807, 2.05) is 13.8 Å². The van der Waals surface area contributed by atoms with Gasteiger partial charge in [-0.05, 0) is 26.0 Å². The van der Waals surface area contributed by atoms with Gasteiger partial charge in [0.05, 0.1) is 5.69 Å². The molecule has 26 heavy (non-hydrogen) atoms. The van der Waals surface area contributed by atoms with Crippen molar-refractivity contribution in [1.29, 1.82) is 0 Å². The molecule has 0 aliphatic rings. The smallest absolute Gasteiger partial charge is 0.344 e. The fourth-order valence-electron chi connectivity index (χ4n) is 2.18. The highest BCUT2D eigenvalue weighted by Gasteiger charge is 2.27. The van der Waals surface area contributed by atoms with Crippen molar-refractivity contribution in [3.63, 3.8) is 0 Å². The van der Waals surface area contributed by atoms with E-state index in [1.165, 1.54) is 6.92 Å². The average molecular weight is 359 g/mol. The summed E-state index contributed by atoms with van der Waals surface area (Å²) in [6.45, 7) is 6.73. The molecule has 0 radical (unpaired) electrons. The van der Waals surface area contributed by atoms with Crippen LogP contribution in [0.5, 0.6) is 0 Å². The zero-order valence-electron chi connectivity index (χ0n) is 15.0. The van der Waals surface area contributed by atoms with Crippen LogP contribution in [0.15, 0.2) is 34.9 Å². The first-order valence-electron chi connectivity index (χ1n) is 8.13. The number of hydrazine groups is 1. The number of benzene rings is 1. The van der Waals surface area contributed by atoms with Crippen LogP contribution in [-0.2, 0) is 9.53 Å². The first kappa shape index (κ1) is 19.2. The maximum Gasteiger partial charge on any atom is 0.344 e. The van der Waals surface area contributed by atoms with Gasteiger partial charge in [-0.2, -0.15) is 0 Å². The summed E-state index contributed by atoms with van der Waals surface area (Å²) in [7, 11) is 0. The molecule has 1 atom stereocenters. The number of nitrogens with zero attached hydrogens (tertiary/aromatic N) is 1. The fourth-order valence-corrected chi connectivity index (χ4v) is 2.18. The second-order valence-corrected chi connectivity index (χ2v) is 6.02. The molecule has 0 unspecified atom stereocenters. The Morgan fingerprint density at radius 1 is 1.08 bits per heavy atom. The van der Waals surface area contributed by atoms with E-state index in [0.29, 0.717) is 17.0 Å².